The maximum atomic E-state index is 11.3. The number of ether oxygens (including phenoxy) is 2. The van der Waals surface area contributed by atoms with Gasteiger partial charge in [0.15, 0.2) is 0 Å². The van der Waals surface area contributed by atoms with Crippen LogP contribution in [0.3, 0.4) is 0 Å². The summed E-state index contributed by atoms with van der Waals surface area (Å²) < 4.78 is 13.1. The van der Waals surface area contributed by atoms with E-state index in [0.29, 0.717) is 22.6 Å². The van der Waals surface area contributed by atoms with Crippen molar-refractivity contribution >= 4 is 11.2 Å². The van der Waals surface area contributed by atoms with Crippen LogP contribution in [0.25, 0.3) is 16.6 Å². The van der Waals surface area contributed by atoms with Crippen molar-refractivity contribution in [3.63, 3.8) is 0 Å². The number of hydrogen-bond donors (Lipinski definition) is 0. The van der Waals surface area contributed by atoms with Crippen LogP contribution in [0.4, 0.5) is 5.69 Å². The first-order chi connectivity index (χ1) is 14.6. The highest BCUT2D eigenvalue weighted by molar-refractivity contribution is 5.73. The largest absolute Gasteiger partial charge is 0.497 e. The van der Waals surface area contributed by atoms with E-state index in [2.05, 4.69) is 6.07 Å². The molecule has 0 fully saturated rings. The summed E-state index contributed by atoms with van der Waals surface area (Å²) in [6, 6.07) is 19.5. The average Bonchev–Trinajstić information content (AvgIpc) is 3.15. The van der Waals surface area contributed by atoms with E-state index in [1.54, 1.807) is 25.3 Å². The van der Waals surface area contributed by atoms with Crippen LogP contribution in [-0.4, -0.2) is 16.4 Å². The Balaban J connectivity index is 1.70. The van der Waals surface area contributed by atoms with Crippen LogP contribution in [-0.2, 0) is 6.61 Å². The molecule has 2 aromatic heterocycles. The smallest absolute Gasteiger partial charge is 0.270 e. The summed E-state index contributed by atoms with van der Waals surface area (Å²) in [5.74, 6) is 1.18. The van der Waals surface area contributed by atoms with Gasteiger partial charge in [-0.05, 0) is 35.9 Å². The topological polar surface area (TPSA) is 89.8 Å². The van der Waals surface area contributed by atoms with E-state index < -0.39 is 4.92 Å². The number of nitrogens with zero attached hydrogens (tertiary/aromatic N) is 3. The number of hydrogen-bond acceptors (Lipinski definition) is 5. The van der Waals surface area contributed by atoms with Crippen LogP contribution >= 0.6 is 0 Å². The molecule has 0 aliphatic carbocycles. The summed E-state index contributed by atoms with van der Waals surface area (Å²) in [6.45, 7) is 0.158. The molecule has 7 heteroatoms. The van der Waals surface area contributed by atoms with Crippen LogP contribution in [0, 0.1) is 21.4 Å². The van der Waals surface area contributed by atoms with Gasteiger partial charge in [-0.25, -0.2) is 0 Å². The maximum absolute atomic E-state index is 11.3. The summed E-state index contributed by atoms with van der Waals surface area (Å²) >= 11 is 0. The monoisotopic (exact) mass is 399 g/mol. The number of fused-ring (bicyclic) bond motifs is 1. The van der Waals surface area contributed by atoms with Gasteiger partial charge >= 0.3 is 0 Å². The van der Waals surface area contributed by atoms with Gasteiger partial charge in [-0.2, -0.15) is 5.26 Å². The number of methoxy groups -OCH3 is 1. The number of aromatic nitrogens is 1. The van der Waals surface area contributed by atoms with Crippen LogP contribution in [0.5, 0.6) is 11.5 Å². The van der Waals surface area contributed by atoms with Crippen molar-refractivity contribution in [3.8, 4) is 28.7 Å². The first kappa shape index (κ1) is 19.0. The third-order valence-corrected chi connectivity index (χ3v) is 4.83. The Morgan fingerprint density at radius 3 is 2.63 bits per heavy atom. The minimum Gasteiger partial charge on any atom is -0.497 e. The van der Waals surface area contributed by atoms with Gasteiger partial charge in [0.2, 0.25) is 0 Å². The number of nitro benzene ring substituents is 1. The number of non-ortho nitro benzene ring substituents is 1. The molecule has 4 rings (SSSR count). The molecule has 0 saturated heterocycles. The number of pyridine rings is 1. The summed E-state index contributed by atoms with van der Waals surface area (Å²) in [4.78, 5) is 10.8. The number of nitro groups is 1. The van der Waals surface area contributed by atoms with E-state index in [1.807, 2.05) is 47.1 Å². The molecule has 0 N–H and O–H groups in total. The highest BCUT2D eigenvalue weighted by Gasteiger charge is 2.16. The minimum atomic E-state index is -0.439. The molecule has 0 saturated carbocycles. The molecule has 0 unspecified atom stereocenters. The van der Waals surface area contributed by atoms with Gasteiger partial charge < -0.3 is 13.9 Å². The van der Waals surface area contributed by atoms with Gasteiger partial charge in [0.25, 0.3) is 5.69 Å². The highest BCUT2D eigenvalue weighted by Crippen LogP contribution is 2.35. The molecular weight excluding hydrogens is 382 g/mol. The summed E-state index contributed by atoms with van der Waals surface area (Å²) in [6.07, 6.45) is 3.72. The normalized spacial score (nSPS) is 10.5. The van der Waals surface area contributed by atoms with Crippen LogP contribution in [0.15, 0.2) is 73.1 Å². The van der Waals surface area contributed by atoms with E-state index in [-0.39, 0.29) is 12.3 Å². The van der Waals surface area contributed by atoms with Gasteiger partial charge in [0.05, 0.1) is 23.1 Å². The minimum absolute atomic E-state index is 0.0273. The standard InChI is InChI=1S/C23H17N3O4/c1-29-19-8-5-16(6-9-19)20-12-18(26(27)28)7-10-23(20)30-15-17-14-25-11-3-2-4-22(25)21(17)13-24/h2-12,14H,15H2,1H3. The molecule has 0 aliphatic rings. The van der Waals surface area contributed by atoms with Gasteiger partial charge in [-0.15, -0.1) is 0 Å². The third-order valence-electron chi connectivity index (χ3n) is 4.83. The quantitative estimate of drug-likeness (QED) is 0.337. The third kappa shape index (κ3) is 3.54. The second kappa shape index (κ2) is 7.97. The van der Waals surface area contributed by atoms with E-state index in [9.17, 15) is 15.4 Å². The van der Waals surface area contributed by atoms with Crippen LogP contribution in [0.2, 0.25) is 0 Å². The lowest BCUT2D eigenvalue weighted by Gasteiger charge is -2.12. The van der Waals surface area contributed by atoms with Gasteiger partial charge in [-0.1, -0.05) is 18.2 Å². The second-order valence-electron chi connectivity index (χ2n) is 6.59. The predicted molar refractivity (Wildman–Crippen MR) is 112 cm³/mol. The Morgan fingerprint density at radius 2 is 1.93 bits per heavy atom. The molecule has 148 valence electrons. The average molecular weight is 399 g/mol. The zero-order chi connectivity index (χ0) is 21.1. The fourth-order valence-electron chi connectivity index (χ4n) is 3.33. The summed E-state index contributed by atoms with van der Waals surface area (Å²) in [7, 11) is 1.57. The fourth-order valence-corrected chi connectivity index (χ4v) is 3.33. The van der Waals surface area contributed by atoms with Crippen molar-refractivity contribution in [2.75, 3.05) is 7.11 Å². The van der Waals surface area contributed by atoms with E-state index in [0.717, 1.165) is 16.6 Å². The molecule has 0 radical (unpaired) electrons. The number of benzene rings is 2. The van der Waals surface area contributed by atoms with Gasteiger partial charge in [-0.3, -0.25) is 10.1 Å². The van der Waals surface area contributed by atoms with Crippen molar-refractivity contribution in [2.45, 2.75) is 6.61 Å². The Bertz CT molecular complexity index is 1270. The molecule has 0 amide bonds. The molecule has 4 aromatic rings. The van der Waals surface area contributed by atoms with Crippen molar-refractivity contribution in [1.29, 1.82) is 5.26 Å². The first-order valence-corrected chi connectivity index (χ1v) is 9.15. The first-order valence-electron chi connectivity index (χ1n) is 9.15. The molecule has 0 atom stereocenters. The van der Waals surface area contributed by atoms with Gasteiger partial charge in [0, 0.05) is 35.7 Å². The summed E-state index contributed by atoms with van der Waals surface area (Å²) in [5, 5.41) is 20.8. The molecular formula is C23H17N3O4. The van der Waals surface area contributed by atoms with Gasteiger partial charge in [0.1, 0.15) is 24.2 Å². The molecule has 2 heterocycles. The lowest BCUT2D eigenvalue weighted by molar-refractivity contribution is -0.384. The molecule has 30 heavy (non-hydrogen) atoms. The molecule has 0 bridgehead atoms. The Kier molecular flexibility index (Phi) is 5.06. The lowest BCUT2D eigenvalue weighted by Crippen LogP contribution is -1.99. The van der Waals surface area contributed by atoms with Crippen molar-refractivity contribution < 1.29 is 14.4 Å². The number of nitriles is 1. The zero-order valence-electron chi connectivity index (χ0n) is 16.1. The van der Waals surface area contributed by atoms with E-state index in [4.69, 9.17) is 9.47 Å². The maximum Gasteiger partial charge on any atom is 0.270 e. The van der Waals surface area contributed by atoms with Crippen molar-refractivity contribution in [3.05, 3.63) is 94.3 Å². The fraction of sp³-hybridized carbons (Fsp3) is 0.0870. The summed E-state index contributed by atoms with van der Waals surface area (Å²) in [5.41, 5.74) is 3.41. The zero-order valence-corrected chi connectivity index (χ0v) is 16.1. The SMILES string of the molecule is COc1ccc(-c2cc([N+](=O)[O-])ccc2OCc2cn3ccccc3c2C#N)cc1. The van der Waals surface area contributed by atoms with E-state index in [1.165, 1.54) is 12.1 Å². The molecule has 0 spiro atoms. The molecule has 0 aliphatic heterocycles. The van der Waals surface area contributed by atoms with E-state index >= 15 is 0 Å². The number of rotatable bonds is 6. The Labute approximate surface area is 172 Å². The lowest BCUT2D eigenvalue weighted by atomic mass is 10.0. The predicted octanol–water partition coefficient (Wildman–Crippen LogP) is 4.97. The molecule has 7 nitrogen and oxygen atoms in total. The molecule has 2 aromatic carbocycles. The highest BCUT2D eigenvalue weighted by atomic mass is 16.6. The Hall–Kier alpha value is -4.31. The van der Waals surface area contributed by atoms with Crippen LogP contribution in [0.1, 0.15) is 11.1 Å². The second-order valence-corrected chi connectivity index (χ2v) is 6.59. The van der Waals surface area contributed by atoms with Crippen LogP contribution < -0.4 is 9.47 Å². The Morgan fingerprint density at radius 1 is 1.13 bits per heavy atom. The van der Waals surface area contributed by atoms with Crippen molar-refractivity contribution in [1.82, 2.24) is 4.40 Å². The van der Waals surface area contributed by atoms with Crippen molar-refractivity contribution in [2.24, 2.45) is 0 Å².